The summed E-state index contributed by atoms with van der Waals surface area (Å²) >= 11 is 0. The molecule has 0 radical (unpaired) electrons. The van der Waals surface area contributed by atoms with Crippen LogP contribution in [-0.2, 0) is 14.2 Å². The van der Waals surface area contributed by atoms with E-state index in [0.717, 1.165) is 51.5 Å². The van der Waals surface area contributed by atoms with Gasteiger partial charge in [0, 0.05) is 39.6 Å². The fourth-order valence-corrected chi connectivity index (χ4v) is 2.02. The summed E-state index contributed by atoms with van der Waals surface area (Å²) in [6.07, 6.45) is 8.95. The summed E-state index contributed by atoms with van der Waals surface area (Å²) in [5, 5.41) is 0. The van der Waals surface area contributed by atoms with Crippen molar-refractivity contribution < 1.29 is 14.2 Å². The Balaban J connectivity index is -0.000000306. The average molecular weight is 377 g/mol. The first kappa shape index (κ1) is 30.6. The second kappa shape index (κ2) is 29.6. The molecule has 0 amide bonds. The van der Waals surface area contributed by atoms with Gasteiger partial charge in [0.25, 0.3) is 0 Å². The number of ether oxygens (including phenoxy) is 3. The van der Waals surface area contributed by atoms with Gasteiger partial charge in [0.15, 0.2) is 0 Å². The van der Waals surface area contributed by atoms with Gasteiger partial charge in [0.05, 0.1) is 0 Å². The van der Waals surface area contributed by atoms with Gasteiger partial charge < -0.3 is 14.2 Å². The molecule has 0 heterocycles. The molecule has 0 aromatic rings. The number of hydrogen-bond acceptors (Lipinski definition) is 3. The summed E-state index contributed by atoms with van der Waals surface area (Å²) in [6.45, 7) is 22.6. The molecule has 0 aliphatic rings. The maximum atomic E-state index is 5.28. The number of unbranched alkanes of at least 4 members (excludes halogenated alkanes) is 3. The third-order valence-corrected chi connectivity index (χ3v) is 4.36. The summed E-state index contributed by atoms with van der Waals surface area (Å²) < 4.78 is 15.6. The van der Waals surface area contributed by atoms with Crippen LogP contribution in [0.1, 0.15) is 100 Å². The predicted molar refractivity (Wildman–Crippen MR) is 117 cm³/mol. The van der Waals surface area contributed by atoms with Crippen molar-refractivity contribution in [3.63, 3.8) is 0 Å². The van der Waals surface area contributed by atoms with Gasteiger partial charge in [-0.25, -0.2) is 0 Å². The summed E-state index contributed by atoms with van der Waals surface area (Å²) in [5.74, 6) is 1.51. The van der Waals surface area contributed by atoms with Crippen LogP contribution in [0.15, 0.2) is 0 Å². The molecule has 0 aromatic carbocycles. The smallest absolute Gasteiger partial charge is 0.0493 e. The van der Waals surface area contributed by atoms with Gasteiger partial charge in [-0.05, 0) is 39.0 Å². The van der Waals surface area contributed by atoms with Gasteiger partial charge in [-0.3, -0.25) is 0 Å². The third kappa shape index (κ3) is 31.6. The van der Waals surface area contributed by atoms with E-state index in [2.05, 4.69) is 34.6 Å². The molecule has 3 nitrogen and oxygen atoms in total. The Hall–Kier alpha value is -0.120. The fraction of sp³-hybridized carbons (Fsp3) is 1.00. The Morgan fingerprint density at radius 2 is 1.12 bits per heavy atom. The second-order valence-electron chi connectivity index (χ2n) is 6.77. The Bertz CT molecular complexity index is 200. The monoisotopic (exact) mass is 376 g/mol. The summed E-state index contributed by atoms with van der Waals surface area (Å²) in [5.41, 5.74) is 0. The highest BCUT2D eigenvalue weighted by atomic mass is 16.5. The SMILES string of the molecule is CCCCCCOCC.CCOCC(C)CC.CCOCC(CC)CC. The molecule has 0 fully saturated rings. The van der Waals surface area contributed by atoms with Gasteiger partial charge in [0.1, 0.15) is 0 Å². The van der Waals surface area contributed by atoms with Crippen LogP contribution < -0.4 is 0 Å². The molecule has 0 N–H and O–H groups in total. The molecule has 0 spiro atoms. The van der Waals surface area contributed by atoms with Crippen LogP contribution >= 0.6 is 0 Å². The minimum atomic E-state index is 0.731. The summed E-state index contributed by atoms with van der Waals surface area (Å²) in [6, 6.07) is 0. The molecule has 162 valence electrons. The van der Waals surface area contributed by atoms with E-state index in [1.165, 1.54) is 44.9 Å². The largest absolute Gasteiger partial charge is 0.382 e. The van der Waals surface area contributed by atoms with Gasteiger partial charge >= 0.3 is 0 Å². The van der Waals surface area contributed by atoms with Gasteiger partial charge in [-0.1, -0.05) is 73.1 Å². The Morgan fingerprint density at radius 3 is 1.54 bits per heavy atom. The first-order valence-electron chi connectivity index (χ1n) is 11.3. The van der Waals surface area contributed by atoms with Crippen molar-refractivity contribution in [1.29, 1.82) is 0 Å². The number of rotatable bonds is 15. The Labute approximate surface area is 166 Å². The van der Waals surface area contributed by atoms with E-state index in [0.29, 0.717) is 0 Å². The van der Waals surface area contributed by atoms with Crippen molar-refractivity contribution >= 4 is 0 Å². The van der Waals surface area contributed by atoms with Gasteiger partial charge in [-0.15, -0.1) is 0 Å². The quantitative estimate of drug-likeness (QED) is 0.284. The highest BCUT2D eigenvalue weighted by molar-refractivity contribution is 4.51. The van der Waals surface area contributed by atoms with E-state index >= 15 is 0 Å². The van der Waals surface area contributed by atoms with E-state index in [1.807, 2.05) is 20.8 Å². The lowest BCUT2D eigenvalue weighted by molar-refractivity contribution is 0.107. The molecule has 0 aromatic heterocycles. The van der Waals surface area contributed by atoms with Gasteiger partial charge in [0.2, 0.25) is 0 Å². The molecule has 26 heavy (non-hydrogen) atoms. The molecule has 0 rings (SSSR count). The third-order valence-electron chi connectivity index (χ3n) is 4.36. The minimum Gasteiger partial charge on any atom is -0.382 e. The van der Waals surface area contributed by atoms with Gasteiger partial charge in [-0.2, -0.15) is 0 Å². The molecule has 0 saturated carbocycles. The van der Waals surface area contributed by atoms with Crippen LogP contribution in [0, 0.1) is 11.8 Å². The maximum Gasteiger partial charge on any atom is 0.0493 e. The van der Waals surface area contributed by atoms with E-state index in [4.69, 9.17) is 14.2 Å². The lowest BCUT2D eigenvalue weighted by Gasteiger charge is -2.10. The first-order chi connectivity index (χ1) is 12.6. The molecular formula is C23H52O3. The van der Waals surface area contributed by atoms with Crippen molar-refractivity contribution in [3.05, 3.63) is 0 Å². The summed E-state index contributed by atoms with van der Waals surface area (Å²) in [4.78, 5) is 0. The second-order valence-corrected chi connectivity index (χ2v) is 6.77. The highest BCUT2D eigenvalue weighted by Crippen LogP contribution is 2.06. The molecule has 0 aliphatic heterocycles. The van der Waals surface area contributed by atoms with Crippen molar-refractivity contribution in [1.82, 2.24) is 0 Å². The molecule has 0 saturated heterocycles. The van der Waals surface area contributed by atoms with E-state index < -0.39 is 0 Å². The molecular weight excluding hydrogens is 324 g/mol. The zero-order valence-corrected chi connectivity index (χ0v) is 19.6. The topological polar surface area (TPSA) is 27.7 Å². The first-order valence-corrected chi connectivity index (χ1v) is 11.3. The predicted octanol–water partition coefficient (Wildman–Crippen LogP) is 7.13. The van der Waals surface area contributed by atoms with Crippen molar-refractivity contribution in [2.45, 2.75) is 100 Å². The van der Waals surface area contributed by atoms with Crippen LogP contribution in [-0.4, -0.2) is 39.6 Å². The van der Waals surface area contributed by atoms with Crippen molar-refractivity contribution in [3.8, 4) is 0 Å². The normalized spacial score (nSPS) is 11.4. The fourth-order valence-electron chi connectivity index (χ4n) is 2.02. The van der Waals surface area contributed by atoms with Crippen molar-refractivity contribution in [2.24, 2.45) is 11.8 Å². The van der Waals surface area contributed by atoms with E-state index in [9.17, 15) is 0 Å². The van der Waals surface area contributed by atoms with Crippen molar-refractivity contribution in [2.75, 3.05) is 39.6 Å². The molecule has 0 aliphatic carbocycles. The van der Waals surface area contributed by atoms with E-state index in [-0.39, 0.29) is 0 Å². The van der Waals surface area contributed by atoms with Crippen LogP contribution in [0.2, 0.25) is 0 Å². The van der Waals surface area contributed by atoms with Crippen LogP contribution in [0.4, 0.5) is 0 Å². The van der Waals surface area contributed by atoms with Crippen LogP contribution in [0.3, 0.4) is 0 Å². The zero-order valence-electron chi connectivity index (χ0n) is 19.6. The highest BCUT2D eigenvalue weighted by Gasteiger charge is 2.00. The molecule has 1 unspecified atom stereocenters. The zero-order chi connectivity index (χ0) is 20.5. The Kier molecular flexibility index (Phi) is 34.9. The van der Waals surface area contributed by atoms with E-state index in [1.54, 1.807) is 0 Å². The molecule has 3 heteroatoms. The lowest BCUT2D eigenvalue weighted by atomic mass is 10.1. The average Bonchev–Trinajstić information content (AvgIpc) is 2.68. The van der Waals surface area contributed by atoms with Crippen LogP contribution in [0.25, 0.3) is 0 Å². The lowest BCUT2D eigenvalue weighted by Crippen LogP contribution is -2.06. The minimum absolute atomic E-state index is 0.731. The summed E-state index contributed by atoms with van der Waals surface area (Å²) in [7, 11) is 0. The van der Waals surface area contributed by atoms with Crippen LogP contribution in [0.5, 0.6) is 0 Å². The Morgan fingerprint density at radius 1 is 0.577 bits per heavy atom. The molecule has 1 atom stereocenters. The molecule has 0 bridgehead atoms. The number of hydrogen-bond donors (Lipinski definition) is 0. The standard InChI is InChI=1S/2C8H18O.C7H16O/c1-4-8(5-2)7-9-6-3;1-3-5-6-7-8-9-4-2;1-4-7(3)6-8-5-2/h8H,4-7H2,1-3H3;3-8H2,1-2H3;7H,4-6H2,1-3H3. The maximum absolute atomic E-state index is 5.28.